The number of hydrogen-bond acceptors (Lipinski definition) is 6. The molecule has 2 aliphatic heterocycles. The molecule has 3 aliphatic rings. The van der Waals surface area contributed by atoms with Crippen LogP contribution >= 0.6 is 0 Å². The van der Waals surface area contributed by atoms with Gasteiger partial charge in [0, 0.05) is 49.0 Å². The lowest BCUT2D eigenvalue weighted by Crippen LogP contribution is -2.54. The van der Waals surface area contributed by atoms with Crippen LogP contribution in [0.4, 0.5) is 5.82 Å². The van der Waals surface area contributed by atoms with E-state index in [1.165, 1.54) is 11.3 Å². The third-order valence-electron chi connectivity index (χ3n) is 6.23. The fourth-order valence-corrected chi connectivity index (χ4v) is 4.63. The number of aromatic nitrogens is 2. The van der Waals surface area contributed by atoms with Crippen molar-refractivity contribution in [3.8, 4) is 11.4 Å². The maximum absolute atomic E-state index is 12.8. The summed E-state index contributed by atoms with van der Waals surface area (Å²) in [5, 5.41) is 0. The van der Waals surface area contributed by atoms with Crippen molar-refractivity contribution in [2.24, 2.45) is 0 Å². The summed E-state index contributed by atoms with van der Waals surface area (Å²) in [6.45, 7) is 5.21. The van der Waals surface area contributed by atoms with Crippen LogP contribution in [-0.4, -0.2) is 59.0 Å². The van der Waals surface area contributed by atoms with Gasteiger partial charge < -0.3 is 9.80 Å². The van der Waals surface area contributed by atoms with E-state index in [1.54, 1.807) is 0 Å². The number of nitrogens with zero attached hydrogens (tertiary/aromatic N) is 4. The Balaban J connectivity index is 1.34. The molecule has 1 aliphatic carbocycles. The minimum absolute atomic E-state index is 0.107. The van der Waals surface area contributed by atoms with Gasteiger partial charge in [0.2, 0.25) is 5.91 Å². The minimum Gasteiger partial charge on any atom is -0.353 e. The number of fused-ring (bicyclic) bond motifs is 1. The highest BCUT2D eigenvalue weighted by Gasteiger charge is 2.33. The molecule has 7 heteroatoms. The van der Waals surface area contributed by atoms with Crippen molar-refractivity contribution in [1.29, 1.82) is 0 Å². The summed E-state index contributed by atoms with van der Waals surface area (Å²) in [4.78, 5) is 27.0. The highest BCUT2D eigenvalue weighted by atomic mass is 16.2. The zero-order chi connectivity index (χ0) is 19.8. The SMILES string of the molecule is CC1CC(C(=O)N2CCN(c3nc(-c4ccccc4)nc4c3CCC4)CC2)NN1. The zero-order valence-electron chi connectivity index (χ0n) is 16.9. The quantitative estimate of drug-likeness (QED) is 0.826. The van der Waals surface area contributed by atoms with E-state index in [1.807, 2.05) is 23.1 Å². The molecule has 3 heterocycles. The Kier molecular flexibility index (Phi) is 4.93. The number of benzene rings is 1. The van der Waals surface area contributed by atoms with E-state index >= 15 is 0 Å². The molecule has 1 aromatic heterocycles. The second kappa shape index (κ2) is 7.72. The number of carbonyl (C=O) groups is 1. The molecule has 1 aromatic carbocycles. The summed E-state index contributed by atoms with van der Waals surface area (Å²) in [6, 6.07) is 10.4. The van der Waals surface area contributed by atoms with Gasteiger partial charge in [-0.1, -0.05) is 30.3 Å². The fourth-order valence-electron chi connectivity index (χ4n) is 4.63. The topological polar surface area (TPSA) is 73.4 Å². The van der Waals surface area contributed by atoms with E-state index in [-0.39, 0.29) is 11.9 Å². The lowest BCUT2D eigenvalue weighted by Gasteiger charge is -2.37. The normalized spacial score (nSPS) is 24.0. The van der Waals surface area contributed by atoms with Crippen molar-refractivity contribution in [1.82, 2.24) is 25.7 Å². The monoisotopic (exact) mass is 392 g/mol. The molecule has 2 atom stereocenters. The molecule has 152 valence electrons. The minimum atomic E-state index is -0.107. The molecule has 2 aromatic rings. The van der Waals surface area contributed by atoms with Crippen LogP contribution in [0.1, 0.15) is 31.0 Å². The number of aryl methyl sites for hydroxylation is 1. The van der Waals surface area contributed by atoms with E-state index in [4.69, 9.17) is 9.97 Å². The van der Waals surface area contributed by atoms with Crippen LogP contribution in [0.5, 0.6) is 0 Å². The van der Waals surface area contributed by atoms with Crippen LogP contribution in [0.3, 0.4) is 0 Å². The van der Waals surface area contributed by atoms with E-state index < -0.39 is 0 Å². The first-order valence-electron chi connectivity index (χ1n) is 10.7. The average molecular weight is 393 g/mol. The molecule has 0 saturated carbocycles. The first kappa shape index (κ1) is 18.5. The summed E-state index contributed by atoms with van der Waals surface area (Å²) in [5.41, 5.74) is 9.84. The van der Waals surface area contributed by atoms with Gasteiger partial charge in [-0.05, 0) is 32.6 Å². The molecular weight excluding hydrogens is 364 g/mol. The Bertz CT molecular complexity index is 894. The van der Waals surface area contributed by atoms with E-state index in [9.17, 15) is 4.79 Å². The van der Waals surface area contributed by atoms with Crippen molar-refractivity contribution >= 4 is 11.7 Å². The number of carbonyl (C=O) groups excluding carboxylic acids is 1. The highest BCUT2D eigenvalue weighted by molar-refractivity contribution is 5.82. The predicted octanol–water partition coefficient (Wildman–Crippen LogP) is 1.54. The van der Waals surface area contributed by atoms with Gasteiger partial charge in [0.15, 0.2) is 5.82 Å². The van der Waals surface area contributed by atoms with E-state index in [0.29, 0.717) is 6.04 Å². The molecule has 2 saturated heterocycles. The molecular formula is C22H28N6O. The smallest absolute Gasteiger partial charge is 0.241 e. The summed E-state index contributed by atoms with van der Waals surface area (Å²) < 4.78 is 0. The van der Waals surface area contributed by atoms with E-state index in [0.717, 1.165) is 69.1 Å². The molecule has 29 heavy (non-hydrogen) atoms. The van der Waals surface area contributed by atoms with Crippen LogP contribution in [0.2, 0.25) is 0 Å². The number of rotatable bonds is 3. The predicted molar refractivity (Wildman–Crippen MR) is 112 cm³/mol. The number of nitrogens with one attached hydrogen (secondary N) is 2. The van der Waals surface area contributed by atoms with Gasteiger partial charge in [-0.25, -0.2) is 15.4 Å². The second-order valence-corrected chi connectivity index (χ2v) is 8.31. The van der Waals surface area contributed by atoms with Crippen LogP contribution in [-0.2, 0) is 17.6 Å². The van der Waals surface area contributed by atoms with Gasteiger partial charge in [-0.2, -0.15) is 0 Å². The van der Waals surface area contributed by atoms with Gasteiger partial charge >= 0.3 is 0 Å². The lowest BCUT2D eigenvalue weighted by molar-refractivity contribution is -0.133. The van der Waals surface area contributed by atoms with Crippen LogP contribution < -0.4 is 15.8 Å². The molecule has 2 N–H and O–H groups in total. The molecule has 5 rings (SSSR count). The van der Waals surface area contributed by atoms with Crippen molar-refractivity contribution in [2.75, 3.05) is 31.1 Å². The Labute approximate surface area is 171 Å². The number of amides is 1. The van der Waals surface area contributed by atoms with Crippen molar-refractivity contribution in [3.05, 3.63) is 41.6 Å². The third-order valence-corrected chi connectivity index (χ3v) is 6.23. The fraction of sp³-hybridized carbons (Fsp3) is 0.500. The maximum atomic E-state index is 12.8. The van der Waals surface area contributed by atoms with Gasteiger partial charge in [0.05, 0.1) is 0 Å². The van der Waals surface area contributed by atoms with Crippen LogP contribution in [0, 0.1) is 0 Å². The zero-order valence-corrected chi connectivity index (χ0v) is 16.9. The molecule has 0 radical (unpaired) electrons. The van der Waals surface area contributed by atoms with Gasteiger partial charge in [-0.3, -0.25) is 10.2 Å². The van der Waals surface area contributed by atoms with Gasteiger partial charge in [0.25, 0.3) is 0 Å². The second-order valence-electron chi connectivity index (χ2n) is 8.31. The molecule has 2 fully saturated rings. The Hall–Kier alpha value is -2.51. The number of piperazine rings is 1. The van der Waals surface area contributed by atoms with Gasteiger partial charge in [-0.15, -0.1) is 0 Å². The van der Waals surface area contributed by atoms with Gasteiger partial charge in [0.1, 0.15) is 11.9 Å². The average Bonchev–Trinajstić information content (AvgIpc) is 3.42. The molecule has 2 unspecified atom stereocenters. The van der Waals surface area contributed by atoms with E-state index in [2.05, 4.69) is 34.8 Å². The molecule has 1 amide bonds. The Morgan fingerprint density at radius 3 is 2.55 bits per heavy atom. The summed E-state index contributed by atoms with van der Waals surface area (Å²) in [7, 11) is 0. The Morgan fingerprint density at radius 2 is 1.83 bits per heavy atom. The first-order chi connectivity index (χ1) is 14.2. The summed E-state index contributed by atoms with van der Waals surface area (Å²) >= 11 is 0. The largest absolute Gasteiger partial charge is 0.353 e. The molecule has 7 nitrogen and oxygen atoms in total. The van der Waals surface area contributed by atoms with Crippen molar-refractivity contribution < 1.29 is 4.79 Å². The van der Waals surface area contributed by atoms with Crippen molar-refractivity contribution in [2.45, 2.75) is 44.7 Å². The molecule has 0 bridgehead atoms. The van der Waals surface area contributed by atoms with Crippen molar-refractivity contribution in [3.63, 3.8) is 0 Å². The summed E-state index contributed by atoms with van der Waals surface area (Å²) in [6.07, 6.45) is 4.07. The molecule has 0 spiro atoms. The lowest BCUT2D eigenvalue weighted by atomic mass is 10.1. The Morgan fingerprint density at radius 1 is 1.03 bits per heavy atom. The maximum Gasteiger partial charge on any atom is 0.241 e. The number of hydrogen-bond donors (Lipinski definition) is 2. The standard InChI is InChI=1S/C22H28N6O/c1-15-14-19(26-25-15)22(29)28-12-10-27(11-13-28)21-17-8-5-9-18(17)23-20(24-21)16-6-3-2-4-7-16/h2-4,6-7,15,19,25-26H,5,8-14H2,1H3. The van der Waals surface area contributed by atoms with Crippen LogP contribution in [0.15, 0.2) is 30.3 Å². The number of hydrazine groups is 1. The first-order valence-corrected chi connectivity index (χ1v) is 10.7. The third kappa shape index (κ3) is 3.60. The van der Waals surface area contributed by atoms with Crippen LogP contribution in [0.25, 0.3) is 11.4 Å². The highest BCUT2D eigenvalue weighted by Crippen LogP contribution is 2.32. The number of anilines is 1. The summed E-state index contributed by atoms with van der Waals surface area (Å²) in [5.74, 6) is 2.10.